The summed E-state index contributed by atoms with van der Waals surface area (Å²) in [4.78, 5) is 12.2. The summed E-state index contributed by atoms with van der Waals surface area (Å²) in [6, 6.07) is 2.82. The molecule has 3 heterocycles. The van der Waals surface area contributed by atoms with E-state index in [1.807, 2.05) is 11.4 Å². The van der Waals surface area contributed by atoms with Gasteiger partial charge in [-0.05, 0) is 30.7 Å². The molecule has 15 heavy (non-hydrogen) atoms. The lowest BCUT2D eigenvalue weighted by atomic mass is 9.84. The lowest BCUT2D eigenvalue weighted by molar-refractivity contribution is 0.0901. The first kappa shape index (κ1) is 9.82. The molecule has 0 saturated carbocycles. The van der Waals surface area contributed by atoms with Crippen molar-refractivity contribution in [3.05, 3.63) is 21.3 Å². The van der Waals surface area contributed by atoms with Crippen LogP contribution in [0, 0.1) is 5.92 Å². The summed E-state index contributed by atoms with van der Waals surface area (Å²) in [7, 11) is 0. The van der Waals surface area contributed by atoms with E-state index < -0.39 is 0 Å². The molecule has 2 aliphatic rings. The smallest absolute Gasteiger partial charge is 0.169 e. The van der Waals surface area contributed by atoms with Crippen molar-refractivity contribution in [3.63, 3.8) is 0 Å². The molecule has 1 N–H and O–H groups in total. The predicted molar refractivity (Wildman–Crippen MR) is 61.7 cm³/mol. The second-order valence-corrected chi connectivity index (χ2v) is 5.88. The van der Waals surface area contributed by atoms with E-state index in [0.29, 0.717) is 16.4 Å². The van der Waals surface area contributed by atoms with Crippen LogP contribution in [-0.2, 0) is 0 Å². The molecule has 3 unspecified atom stereocenters. The number of hydrogen-bond acceptors (Lipinski definition) is 3. The Kier molecular flexibility index (Phi) is 2.34. The van der Waals surface area contributed by atoms with Gasteiger partial charge in [0.25, 0.3) is 0 Å². The molecular formula is C11H12ClNOS. The van der Waals surface area contributed by atoms with Crippen LogP contribution < -0.4 is 5.32 Å². The van der Waals surface area contributed by atoms with Gasteiger partial charge in [0, 0.05) is 23.6 Å². The van der Waals surface area contributed by atoms with Crippen molar-refractivity contribution in [1.82, 2.24) is 5.32 Å². The summed E-state index contributed by atoms with van der Waals surface area (Å²) in [6.45, 7) is 0. The average Bonchev–Trinajstić information content (AvgIpc) is 2.91. The van der Waals surface area contributed by atoms with E-state index in [1.165, 1.54) is 17.8 Å². The molecule has 4 heteroatoms. The zero-order chi connectivity index (χ0) is 10.4. The fourth-order valence-electron chi connectivity index (χ4n) is 2.78. The molecule has 0 radical (unpaired) electrons. The summed E-state index contributed by atoms with van der Waals surface area (Å²) >= 11 is 7.43. The van der Waals surface area contributed by atoms with Crippen LogP contribution in [0.4, 0.5) is 0 Å². The third-order valence-corrected chi connectivity index (χ3v) is 4.69. The molecule has 2 bridgehead atoms. The van der Waals surface area contributed by atoms with Gasteiger partial charge in [-0.3, -0.25) is 4.79 Å². The van der Waals surface area contributed by atoms with Gasteiger partial charge in [-0.2, -0.15) is 0 Å². The molecule has 3 rings (SSSR count). The summed E-state index contributed by atoms with van der Waals surface area (Å²) < 4.78 is 0.641. The van der Waals surface area contributed by atoms with Crippen LogP contribution >= 0.6 is 22.9 Å². The summed E-state index contributed by atoms with van der Waals surface area (Å²) in [5.74, 6) is 0.400. The number of hydrogen-bond donors (Lipinski definition) is 1. The second kappa shape index (κ2) is 3.58. The number of nitrogens with one attached hydrogen (secondary N) is 1. The molecule has 2 fully saturated rings. The fraction of sp³-hybridized carbons (Fsp3) is 0.545. The van der Waals surface area contributed by atoms with Gasteiger partial charge in [0.1, 0.15) is 4.34 Å². The highest BCUT2D eigenvalue weighted by Crippen LogP contribution is 2.37. The molecule has 0 aromatic carbocycles. The number of ketones is 1. The third kappa shape index (κ3) is 1.53. The Morgan fingerprint density at radius 3 is 2.93 bits per heavy atom. The van der Waals surface area contributed by atoms with E-state index >= 15 is 0 Å². The Balaban J connectivity index is 1.84. The molecule has 2 nitrogen and oxygen atoms in total. The lowest BCUT2D eigenvalue weighted by Gasteiger charge is -2.18. The third-order valence-electron chi connectivity index (χ3n) is 3.52. The monoisotopic (exact) mass is 241 g/mol. The lowest BCUT2D eigenvalue weighted by Crippen LogP contribution is -2.28. The molecule has 80 valence electrons. The van der Waals surface area contributed by atoms with Gasteiger partial charge < -0.3 is 5.32 Å². The number of rotatable bonds is 2. The van der Waals surface area contributed by atoms with Crippen molar-refractivity contribution in [1.29, 1.82) is 0 Å². The molecule has 2 aliphatic heterocycles. The number of thiophene rings is 1. The first-order valence-corrected chi connectivity index (χ1v) is 6.54. The molecule has 2 saturated heterocycles. The molecule has 0 spiro atoms. The summed E-state index contributed by atoms with van der Waals surface area (Å²) in [5.41, 5.74) is 0.723. The fourth-order valence-corrected chi connectivity index (χ4v) is 3.71. The van der Waals surface area contributed by atoms with Crippen molar-refractivity contribution in [2.24, 2.45) is 5.92 Å². The van der Waals surface area contributed by atoms with Crippen molar-refractivity contribution in [2.75, 3.05) is 0 Å². The van der Waals surface area contributed by atoms with Crippen LogP contribution in [0.3, 0.4) is 0 Å². The number of halogens is 1. The minimum Gasteiger partial charge on any atom is -0.310 e. The van der Waals surface area contributed by atoms with E-state index in [1.54, 1.807) is 0 Å². The maximum absolute atomic E-state index is 12.2. The Morgan fingerprint density at radius 1 is 1.53 bits per heavy atom. The zero-order valence-corrected chi connectivity index (χ0v) is 9.77. The van der Waals surface area contributed by atoms with Crippen molar-refractivity contribution < 1.29 is 4.79 Å². The van der Waals surface area contributed by atoms with Gasteiger partial charge in [-0.1, -0.05) is 11.6 Å². The van der Waals surface area contributed by atoms with Crippen LogP contribution in [0.1, 0.15) is 29.6 Å². The number of carbonyl (C=O) groups excluding carboxylic acids is 1. The Labute approximate surface area is 97.6 Å². The molecule has 0 aliphatic carbocycles. The minimum absolute atomic E-state index is 0.163. The maximum Gasteiger partial charge on any atom is 0.169 e. The normalized spacial score (nSPS) is 33.5. The average molecular weight is 242 g/mol. The standard InChI is InChI=1S/C11H12ClNOS/c12-11-7(3-4-15-11)10(14)8-5-6-1-2-9(8)13-6/h3-4,6,8-9,13H,1-2,5H2. The van der Waals surface area contributed by atoms with E-state index in [9.17, 15) is 4.79 Å². The van der Waals surface area contributed by atoms with Crippen LogP contribution in [0.25, 0.3) is 0 Å². The molecule has 1 aromatic rings. The van der Waals surface area contributed by atoms with Gasteiger partial charge >= 0.3 is 0 Å². The van der Waals surface area contributed by atoms with Crippen LogP contribution in [-0.4, -0.2) is 17.9 Å². The SMILES string of the molecule is O=C(c1ccsc1Cl)C1CC2CCC1N2. The van der Waals surface area contributed by atoms with Gasteiger partial charge in [-0.25, -0.2) is 0 Å². The summed E-state index contributed by atoms with van der Waals surface area (Å²) in [5, 5.41) is 5.36. The maximum atomic E-state index is 12.2. The van der Waals surface area contributed by atoms with Gasteiger partial charge in [0.15, 0.2) is 5.78 Å². The number of fused-ring (bicyclic) bond motifs is 2. The highest BCUT2D eigenvalue weighted by molar-refractivity contribution is 7.14. The molecule has 3 atom stereocenters. The molecule has 0 amide bonds. The first-order valence-electron chi connectivity index (χ1n) is 5.29. The number of carbonyl (C=O) groups is 1. The van der Waals surface area contributed by atoms with Crippen molar-refractivity contribution in [2.45, 2.75) is 31.3 Å². The number of Topliss-reactive ketones (excluding diaryl/α,β-unsaturated/α-hetero) is 1. The Hall–Kier alpha value is -0.380. The highest BCUT2D eigenvalue weighted by atomic mass is 35.5. The topological polar surface area (TPSA) is 29.1 Å². The van der Waals surface area contributed by atoms with Crippen LogP contribution in [0.2, 0.25) is 4.34 Å². The van der Waals surface area contributed by atoms with Gasteiger partial charge in [-0.15, -0.1) is 11.3 Å². The molecular weight excluding hydrogens is 230 g/mol. The van der Waals surface area contributed by atoms with Crippen molar-refractivity contribution in [3.8, 4) is 0 Å². The first-order chi connectivity index (χ1) is 7.25. The van der Waals surface area contributed by atoms with Gasteiger partial charge in [0.05, 0.1) is 0 Å². The second-order valence-electron chi connectivity index (χ2n) is 4.36. The minimum atomic E-state index is 0.163. The predicted octanol–water partition coefficient (Wildman–Crippen LogP) is 2.72. The van der Waals surface area contributed by atoms with Crippen molar-refractivity contribution >= 4 is 28.7 Å². The Morgan fingerprint density at radius 2 is 2.40 bits per heavy atom. The van der Waals surface area contributed by atoms with Crippen LogP contribution in [0.5, 0.6) is 0 Å². The quantitative estimate of drug-likeness (QED) is 0.807. The summed E-state index contributed by atoms with van der Waals surface area (Å²) in [6.07, 6.45) is 3.37. The van der Waals surface area contributed by atoms with E-state index in [4.69, 9.17) is 11.6 Å². The highest BCUT2D eigenvalue weighted by Gasteiger charge is 2.43. The van der Waals surface area contributed by atoms with E-state index in [0.717, 1.165) is 18.4 Å². The van der Waals surface area contributed by atoms with E-state index in [2.05, 4.69) is 5.32 Å². The Bertz CT molecular complexity index is 403. The van der Waals surface area contributed by atoms with Gasteiger partial charge in [0.2, 0.25) is 0 Å². The van der Waals surface area contributed by atoms with E-state index in [-0.39, 0.29) is 11.7 Å². The largest absolute Gasteiger partial charge is 0.310 e. The zero-order valence-electron chi connectivity index (χ0n) is 8.20. The molecule has 1 aromatic heterocycles. The van der Waals surface area contributed by atoms with Crippen LogP contribution in [0.15, 0.2) is 11.4 Å².